The van der Waals surface area contributed by atoms with E-state index in [0.717, 1.165) is 54.8 Å². The van der Waals surface area contributed by atoms with Crippen LogP contribution in [-0.4, -0.2) is 21.0 Å². The van der Waals surface area contributed by atoms with Crippen LogP contribution in [0.2, 0.25) is 0 Å². The van der Waals surface area contributed by atoms with Crippen molar-refractivity contribution in [3.63, 3.8) is 0 Å². The first-order chi connectivity index (χ1) is 14.5. The third-order valence-electron chi connectivity index (χ3n) is 6.33. The minimum atomic E-state index is 0.0232. The third kappa shape index (κ3) is 4.66. The van der Waals surface area contributed by atoms with Gasteiger partial charge in [-0.3, -0.25) is 4.79 Å². The largest absolute Gasteiger partial charge is 0.508 e. The zero-order valence-corrected chi connectivity index (χ0v) is 18.2. The summed E-state index contributed by atoms with van der Waals surface area (Å²) in [6, 6.07) is 0. The summed E-state index contributed by atoms with van der Waals surface area (Å²) in [4.78, 5) is 22.7. The predicted octanol–water partition coefficient (Wildman–Crippen LogP) is 6.00. The van der Waals surface area contributed by atoms with E-state index < -0.39 is 0 Å². The zero-order chi connectivity index (χ0) is 21.1. The van der Waals surface area contributed by atoms with Crippen LogP contribution in [-0.2, 0) is 11.2 Å². The summed E-state index contributed by atoms with van der Waals surface area (Å²) in [7, 11) is 0. The van der Waals surface area contributed by atoms with Crippen molar-refractivity contribution in [1.82, 2.24) is 9.97 Å². The molecule has 1 aromatic rings. The van der Waals surface area contributed by atoms with Crippen LogP contribution in [0.1, 0.15) is 94.6 Å². The number of aliphatic hydroxyl groups is 1. The van der Waals surface area contributed by atoms with E-state index in [-0.39, 0.29) is 5.91 Å². The first-order valence-electron chi connectivity index (χ1n) is 11.5. The number of aryl methyl sites for hydroxylation is 1. The minimum absolute atomic E-state index is 0.0232. The van der Waals surface area contributed by atoms with Crippen molar-refractivity contribution in [1.29, 1.82) is 0 Å². The number of hydrogen-bond donors (Lipinski definition) is 2. The smallest absolute Gasteiger partial charge is 0.225 e. The lowest BCUT2D eigenvalue weighted by atomic mass is 9.89. The van der Waals surface area contributed by atoms with E-state index in [0.29, 0.717) is 29.8 Å². The second-order valence-corrected chi connectivity index (χ2v) is 9.27. The van der Waals surface area contributed by atoms with Gasteiger partial charge in [0, 0.05) is 12.3 Å². The average Bonchev–Trinajstić information content (AvgIpc) is 3.07. The Kier molecular flexibility index (Phi) is 6.35. The van der Waals surface area contributed by atoms with E-state index in [9.17, 15) is 9.90 Å². The SMILES string of the molecule is CC(C)CC(=O)Nc1nc2c(nc1C1CCCCCC1)C1=C(C=C(O)C=CC1)CC2. The highest BCUT2D eigenvalue weighted by Gasteiger charge is 2.27. The molecule has 0 unspecified atom stereocenters. The van der Waals surface area contributed by atoms with Gasteiger partial charge < -0.3 is 10.4 Å². The fourth-order valence-corrected chi connectivity index (χ4v) is 4.85. The highest BCUT2D eigenvalue weighted by atomic mass is 16.3. The van der Waals surface area contributed by atoms with Gasteiger partial charge in [0.2, 0.25) is 5.91 Å². The highest BCUT2D eigenvalue weighted by Crippen LogP contribution is 2.39. The number of nitrogens with one attached hydrogen (secondary N) is 1. The fourth-order valence-electron chi connectivity index (χ4n) is 4.85. The third-order valence-corrected chi connectivity index (χ3v) is 6.33. The van der Waals surface area contributed by atoms with Gasteiger partial charge >= 0.3 is 0 Å². The van der Waals surface area contributed by atoms with Gasteiger partial charge in [-0.25, -0.2) is 9.97 Å². The molecule has 0 saturated heterocycles. The summed E-state index contributed by atoms with van der Waals surface area (Å²) < 4.78 is 0. The molecule has 0 aromatic carbocycles. The van der Waals surface area contributed by atoms with Gasteiger partial charge in [0.25, 0.3) is 0 Å². The van der Waals surface area contributed by atoms with Gasteiger partial charge in [0.05, 0.1) is 17.1 Å². The number of amides is 1. The van der Waals surface area contributed by atoms with E-state index in [4.69, 9.17) is 9.97 Å². The summed E-state index contributed by atoms with van der Waals surface area (Å²) >= 11 is 0. The number of hydrogen-bond acceptors (Lipinski definition) is 4. The first kappa shape index (κ1) is 20.8. The highest BCUT2D eigenvalue weighted by molar-refractivity contribution is 5.90. The summed E-state index contributed by atoms with van der Waals surface area (Å²) in [5, 5.41) is 13.1. The van der Waals surface area contributed by atoms with Crippen molar-refractivity contribution in [3.05, 3.63) is 46.6 Å². The van der Waals surface area contributed by atoms with E-state index >= 15 is 0 Å². The van der Waals surface area contributed by atoms with E-state index in [1.165, 1.54) is 31.3 Å². The maximum absolute atomic E-state index is 12.6. The average molecular weight is 408 g/mol. The van der Waals surface area contributed by atoms with Crippen molar-refractivity contribution in [2.24, 2.45) is 5.92 Å². The van der Waals surface area contributed by atoms with Gasteiger partial charge in [-0.15, -0.1) is 0 Å². The topological polar surface area (TPSA) is 75.1 Å². The molecule has 1 saturated carbocycles. The Labute approximate surface area is 179 Å². The summed E-state index contributed by atoms with van der Waals surface area (Å²) in [6.45, 7) is 4.11. The molecule has 5 heteroatoms. The normalized spacial score (nSPS) is 19.6. The molecular weight excluding hydrogens is 374 g/mol. The molecule has 4 rings (SSSR count). The molecule has 3 aliphatic rings. The van der Waals surface area contributed by atoms with Crippen LogP contribution >= 0.6 is 0 Å². The van der Waals surface area contributed by atoms with Crippen molar-refractivity contribution in [3.8, 4) is 0 Å². The first-order valence-corrected chi connectivity index (χ1v) is 11.5. The molecule has 0 spiro atoms. The Hall–Kier alpha value is -2.43. The van der Waals surface area contributed by atoms with Crippen molar-refractivity contribution < 1.29 is 9.90 Å². The maximum Gasteiger partial charge on any atom is 0.225 e. The van der Waals surface area contributed by atoms with Crippen LogP contribution < -0.4 is 5.32 Å². The molecule has 3 aliphatic carbocycles. The van der Waals surface area contributed by atoms with Crippen molar-refractivity contribution in [2.75, 3.05) is 5.32 Å². The fraction of sp³-hybridized carbons (Fsp3) is 0.560. The van der Waals surface area contributed by atoms with Crippen molar-refractivity contribution in [2.45, 2.75) is 84.0 Å². The Balaban J connectivity index is 1.76. The molecule has 30 heavy (non-hydrogen) atoms. The molecule has 1 amide bonds. The second kappa shape index (κ2) is 9.15. The molecule has 1 fully saturated rings. The van der Waals surface area contributed by atoms with E-state index in [1.807, 2.05) is 12.2 Å². The quantitative estimate of drug-likeness (QED) is 0.600. The summed E-state index contributed by atoms with van der Waals surface area (Å²) in [6.07, 6.45) is 15.6. The van der Waals surface area contributed by atoms with Gasteiger partial charge in [0.1, 0.15) is 5.76 Å². The number of rotatable bonds is 4. The minimum Gasteiger partial charge on any atom is -0.508 e. The molecule has 0 bridgehead atoms. The molecule has 2 N–H and O–H groups in total. The lowest BCUT2D eigenvalue weighted by Gasteiger charge is -2.24. The molecule has 1 heterocycles. The lowest BCUT2D eigenvalue weighted by Crippen LogP contribution is -2.21. The number of carbonyl (C=O) groups excluding carboxylic acids is 1. The zero-order valence-electron chi connectivity index (χ0n) is 18.2. The van der Waals surface area contributed by atoms with Crippen LogP contribution in [0, 0.1) is 5.92 Å². The monoisotopic (exact) mass is 407 g/mol. The Morgan fingerprint density at radius 1 is 1.17 bits per heavy atom. The number of carbonyl (C=O) groups is 1. The van der Waals surface area contributed by atoms with Crippen LogP contribution in [0.15, 0.2) is 29.6 Å². The Morgan fingerprint density at radius 2 is 1.93 bits per heavy atom. The van der Waals surface area contributed by atoms with Gasteiger partial charge in [-0.2, -0.15) is 0 Å². The summed E-state index contributed by atoms with van der Waals surface area (Å²) in [5.41, 5.74) is 5.21. The van der Waals surface area contributed by atoms with Gasteiger partial charge in [0.15, 0.2) is 5.82 Å². The van der Waals surface area contributed by atoms with Gasteiger partial charge in [-0.1, -0.05) is 45.6 Å². The number of aromatic nitrogens is 2. The van der Waals surface area contributed by atoms with Crippen LogP contribution in [0.5, 0.6) is 0 Å². The lowest BCUT2D eigenvalue weighted by molar-refractivity contribution is -0.116. The van der Waals surface area contributed by atoms with Crippen LogP contribution in [0.4, 0.5) is 5.82 Å². The molecule has 0 radical (unpaired) electrons. The predicted molar refractivity (Wildman–Crippen MR) is 120 cm³/mol. The number of nitrogens with zero attached hydrogens (tertiary/aromatic N) is 2. The van der Waals surface area contributed by atoms with E-state index in [2.05, 4.69) is 19.2 Å². The second-order valence-electron chi connectivity index (χ2n) is 9.27. The van der Waals surface area contributed by atoms with Crippen LogP contribution in [0.25, 0.3) is 5.57 Å². The molecule has 1 aromatic heterocycles. The Bertz CT molecular complexity index is 903. The standard InChI is InChI=1S/C25H33N3O2/c1-16(2)14-22(30)27-25-23(17-8-5-3-4-6-9-17)28-24-20-11-7-10-19(29)15-18(20)12-13-21(24)26-25/h7,10,15-17,29H,3-6,8-9,11-14H2,1-2H3,(H,26,27,30). The van der Waals surface area contributed by atoms with E-state index in [1.54, 1.807) is 6.08 Å². The maximum atomic E-state index is 12.6. The van der Waals surface area contributed by atoms with Crippen molar-refractivity contribution >= 4 is 17.3 Å². The molecular formula is C25H33N3O2. The molecule has 160 valence electrons. The molecule has 5 nitrogen and oxygen atoms in total. The number of fused-ring (bicyclic) bond motifs is 2. The number of anilines is 1. The molecule has 0 atom stereocenters. The number of allylic oxidation sites excluding steroid dienone is 5. The number of aliphatic hydroxyl groups excluding tert-OH is 1. The van der Waals surface area contributed by atoms with Gasteiger partial charge in [-0.05, 0) is 61.3 Å². The van der Waals surface area contributed by atoms with Crippen LogP contribution in [0.3, 0.4) is 0 Å². The summed E-state index contributed by atoms with van der Waals surface area (Å²) in [5.74, 6) is 1.66. The Morgan fingerprint density at radius 3 is 2.67 bits per heavy atom. The molecule has 0 aliphatic heterocycles.